The van der Waals surface area contributed by atoms with Crippen LogP contribution in [0, 0.1) is 0 Å². The molecule has 0 spiro atoms. The van der Waals surface area contributed by atoms with Gasteiger partial charge in [-0.05, 0) is 35.4 Å². The molecule has 24 heavy (non-hydrogen) atoms. The summed E-state index contributed by atoms with van der Waals surface area (Å²) in [6.07, 6.45) is 0.880. The first-order valence-electron chi connectivity index (χ1n) is 7.89. The molecule has 0 bridgehead atoms. The Bertz CT molecular complexity index is 724. The van der Waals surface area contributed by atoms with Gasteiger partial charge >= 0.3 is 6.09 Å². The SMILES string of the molecule is C=C(CCC(=O)N1C(=O)OC[C@@H]1Cc1ccccc1)c1cccs1. The number of rotatable bonds is 6. The molecule has 4 nitrogen and oxygen atoms in total. The number of allylic oxidation sites excluding steroid dienone is 1. The van der Waals surface area contributed by atoms with Crippen molar-refractivity contribution >= 4 is 28.9 Å². The number of carbonyl (C=O) groups is 2. The van der Waals surface area contributed by atoms with Crippen LogP contribution in [0.1, 0.15) is 23.3 Å². The van der Waals surface area contributed by atoms with Crippen molar-refractivity contribution in [2.24, 2.45) is 0 Å². The van der Waals surface area contributed by atoms with Gasteiger partial charge in [-0.2, -0.15) is 0 Å². The topological polar surface area (TPSA) is 46.6 Å². The van der Waals surface area contributed by atoms with Crippen molar-refractivity contribution in [3.05, 3.63) is 64.9 Å². The Labute approximate surface area is 145 Å². The quantitative estimate of drug-likeness (QED) is 0.793. The zero-order valence-electron chi connectivity index (χ0n) is 13.3. The molecular formula is C19H19NO3S. The summed E-state index contributed by atoms with van der Waals surface area (Å²) >= 11 is 1.60. The summed E-state index contributed by atoms with van der Waals surface area (Å²) in [7, 11) is 0. The van der Waals surface area contributed by atoms with Crippen LogP contribution in [0.2, 0.25) is 0 Å². The minimum Gasteiger partial charge on any atom is -0.447 e. The van der Waals surface area contributed by atoms with E-state index in [1.54, 1.807) is 11.3 Å². The minimum absolute atomic E-state index is 0.198. The molecule has 0 unspecified atom stereocenters. The summed E-state index contributed by atoms with van der Waals surface area (Å²) in [5.41, 5.74) is 2.01. The molecule has 2 heterocycles. The van der Waals surface area contributed by atoms with Gasteiger partial charge in [-0.25, -0.2) is 9.69 Å². The van der Waals surface area contributed by atoms with Crippen LogP contribution in [0.4, 0.5) is 4.79 Å². The summed E-state index contributed by atoms with van der Waals surface area (Å²) < 4.78 is 5.10. The number of hydrogen-bond donors (Lipinski definition) is 0. The Hall–Kier alpha value is -2.40. The van der Waals surface area contributed by atoms with Crippen LogP contribution in [0.25, 0.3) is 5.57 Å². The van der Waals surface area contributed by atoms with Gasteiger partial charge in [0.2, 0.25) is 5.91 Å². The van der Waals surface area contributed by atoms with Crippen LogP contribution in [0.3, 0.4) is 0 Å². The van der Waals surface area contributed by atoms with E-state index in [2.05, 4.69) is 6.58 Å². The standard InChI is InChI=1S/C19H19NO3S/c1-14(17-8-5-11-24-17)9-10-18(21)20-16(13-23-19(20)22)12-15-6-3-2-4-7-15/h2-8,11,16H,1,9-10,12-13H2/t16-/m0/s1. The molecule has 1 atom stereocenters. The van der Waals surface area contributed by atoms with Crippen LogP contribution < -0.4 is 0 Å². The van der Waals surface area contributed by atoms with Gasteiger partial charge in [0.1, 0.15) is 6.61 Å². The molecule has 5 heteroatoms. The summed E-state index contributed by atoms with van der Waals surface area (Å²) in [5.74, 6) is -0.198. The van der Waals surface area contributed by atoms with E-state index in [1.807, 2.05) is 47.8 Å². The van der Waals surface area contributed by atoms with Gasteiger partial charge in [0.05, 0.1) is 6.04 Å². The third-order valence-corrected chi connectivity index (χ3v) is 5.03. The first-order valence-corrected chi connectivity index (χ1v) is 8.77. The lowest BCUT2D eigenvalue weighted by molar-refractivity contribution is -0.129. The number of cyclic esters (lactones) is 1. The van der Waals surface area contributed by atoms with E-state index in [9.17, 15) is 9.59 Å². The maximum Gasteiger partial charge on any atom is 0.416 e. The van der Waals surface area contributed by atoms with Crippen molar-refractivity contribution < 1.29 is 14.3 Å². The molecule has 1 aliphatic heterocycles. The fourth-order valence-electron chi connectivity index (χ4n) is 2.78. The van der Waals surface area contributed by atoms with E-state index in [4.69, 9.17) is 4.74 Å². The highest BCUT2D eigenvalue weighted by molar-refractivity contribution is 7.11. The van der Waals surface area contributed by atoms with Gasteiger partial charge in [0.15, 0.2) is 0 Å². The second-order valence-corrected chi connectivity index (χ2v) is 6.71. The van der Waals surface area contributed by atoms with Gasteiger partial charge in [0.25, 0.3) is 0 Å². The van der Waals surface area contributed by atoms with Gasteiger partial charge in [-0.1, -0.05) is 43.0 Å². The second kappa shape index (κ2) is 7.45. The average molecular weight is 341 g/mol. The highest BCUT2D eigenvalue weighted by Gasteiger charge is 2.37. The van der Waals surface area contributed by atoms with Gasteiger partial charge in [-0.3, -0.25) is 4.79 Å². The smallest absolute Gasteiger partial charge is 0.416 e. The van der Waals surface area contributed by atoms with Crippen LogP contribution in [0.15, 0.2) is 54.4 Å². The molecule has 3 rings (SSSR count). The summed E-state index contributed by atoms with van der Waals surface area (Å²) in [5, 5.41) is 1.98. The maximum absolute atomic E-state index is 12.5. The fourth-order valence-corrected chi connectivity index (χ4v) is 3.51. The van der Waals surface area contributed by atoms with Crippen molar-refractivity contribution in [2.75, 3.05) is 6.61 Å². The molecule has 0 saturated carbocycles. The lowest BCUT2D eigenvalue weighted by Gasteiger charge is -2.19. The molecule has 2 amide bonds. The van der Waals surface area contributed by atoms with E-state index in [-0.39, 0.29) is 25.0 Å². The molecule has 1 aliphatic rings. The Kier molecular flexibility index (Phi) is 5.11. The molecule has 1 fully saturated rings. The van der Waals surface area contributed by atoms with Gasteiger partial charge < -0.3 is 4.74 Å². The van der Waals surface area contributed by atoms with Crippen LogP contribution in [0.5, 0.6) is 0 Å². The van der Waals surface area contributed by atoms with E-state index >= 15 is 0 Å². The van der Waals surface area contributed by atoms with E-state index < -0.39 is 6.09 Å². The molecule has 1 aromatic carbocycles. The lowest BCUT2D eigenvalue weighted by Crippen LogP contribution is -2.40. The Morgan fingerprint density at radius 2 is 2.00 bits per heavy atom. The number of nitrogens with zero attached hydrogens (tertiary/aromatic N) is 1. The number of benzene rings is 1. The van der Waals surface area contributed by atoms with Crippen molar-refractivity contribution in [2.45, 2.75) is 25.3 Å². The molecule has 0 aliphatic carbocycles. The van der Waals surface area contributed by atoms with Gasteiger partial charge in [-0.15, -0.1) is 11.3 Å². The Balaban J connectivity index is 1.61. The molecule has 124 valence electrons. The number of ether oxygens (including phenoxy) is 1. The number of hydrogen-bond acceptors (Lipinski definition) is 4. The van der Waals surface area contributed by atoms with Crippen LogP contribution in [-0.2, 0) is 16.0 Å². The number of thiophene rings is 1. The third-order valence-electron chi connectivity index (χ3n) is 4.05. The maximum atomic E-state index is 12.5. The summed E-state index contributed by atoms with van der Waals surface area (Å²) in [6, 6.07) is 13.5. The average Bonchev–Trinajstić information content (AvgIpc) is 3.24. The van der Waals surface area contributed by atoms with E-state index in [0.29, 0.717) is 12.8 Å². The highest BCUT2D eigenvalue weighted by atomic mass is 32.1. The number of amides is 2. The Morgan fingerprint density at radius 3 is 2.71 bits per heavy atom. The van der Waals surface area contributed by atoms with Crippen LogP contribution >= 0.6 is 11.3 Å². The summed E-state index contributed by atoms with van der Waals surface area (Å²) in [4.78, 5) is 26.8. The van der Waals surface area contributed by atoms with E-state index in [1.165, 1.54) is 4.90 Å². The van der Waals surface area contributed by atoms with Crippen LogP contribution in [-0.4, -0.2) is 29.5 Å². The summed E-state index contributed by atoms with van der Waals surface area (Å²) in [6.45, 7) is 4.28. The monoisotopic (exact) mass is 341 g/mol. The Morgan fingerprint density at radius 1 is 1.21 bits per heavy atom. The largest absolute Gasteiger partial charge is 0.447 e. The minimum atomic E-state index is -0.539. The predicted octanol–water partition coefficient (Wildman–Crippen LogP) is 4.13. The normalized spacial score (nSPS) is 16.9. The first kappa shape index (κ1) is 16.5. The van der Waals surface area contributed by atoms with Crippen molar-refractivity contribution in [3.8, 4) is 0 Å². The molecule has 0 N–H and O–H groups in total. The molecule has 0 radical (unpaired) electrons. The number of imide groups is 1. The predicted molar refractivity (Wildman–Crippen MR) is 94.7 cm³/mol. The van der Waals surface area contributed by atoms with Gasteiger partial charge in [0, 0.05) is 11.3 Å². The zero-order chi connectivity index (χ0) is 16.9. The van der Waals surface area contributed by atoms with Crippen molar-refractivity contribution in [1.82, 2.24) is 4.90 Å². The number of carbonyl (C=O) groups excluding carboxylic acids is 2. The van der Waals surface area contributed by atoms with Crippen molar-refractivity contribution in [3.63, 3.8) is 0 Å². The lowest BCUT2D eigenvalue weighted by atomic mass is 10.0. The first-order chi connectivity index (χ1) is 11.6. The second-order valence-electron chi connectivity index (χ2n) is 5.77. The fraction of sp³-hybridized carbons (Fsp3) is 0.263. The molecular weight excluding hydrogens is 322 g/mol. The molecule has 2 aromatic rings. The zero-order valence-corrected chi connectivity index (χ0v) is 14.1. The van der Waals surface area contributed by atoms with E-state index in [0.717, 1.165) is 16.0 Å². The molecule has 1 saturated heterocycles. The van der Waals surface area contributed by atoms with Crippen molar-refractivity contribution in [1.29, 1.82) is 0 Å². The third kappa shape index (κ3) is 3.74. The highest BCUT2D eigenvalue weighted by Crippen LogP contribution is 2.24. The molecule has 1 aromatic heterocycles.